The summed E-state index contributed by atoms with van der Waals surface area (Å²) < 4.78 is 10.4. The third kappa shape index (κ3) is 4.23. The molecule has 2 aromatic rings. The molecule has 0 spiro atoms. The van der Waals surface area contributed by atoms with Crippen LogP contribution in [0.1, 0.15) is 15.9 Å². The Morgan fingerprint density at radius 3 is 2.45 bits per heavy atom. The van der Waals surface area contributed by atoms with Crippen molar-refractivity contribution >= 4 is 23.5 Å². The Hall–Kier alpha value is -2.53. The number of para-hydroxylation sites is 1. The standard InChI is InChI=1S/C16H14ClNO4/c17-13-7-3-1-5-11(13)9-22-16(20)12-6-2-4-8-14(12)21-10-15(18)19/h1-8H,9-10H2,(H2,18,19). The summed E-state index contributed by atoms with van der Waals surface area (Å²) >= 11 is 6.00. The number of rotatable bonds is 6. The van der Waals surface area contributed by atoms with E-state index in [0.29, 0.717) is 10.6 Å². The van der Waals surface area contributed by atoms with Crippen LogP contribution in [0.25, 0.3) is 0 Å². The van der Waals surface area contributed by atoms with Gasteiger partial charge in [-0.05, 0) is 18.2 Å². The van der Waals surface area contributed by atoms with Gasteiger partial charge >= 0.3 is 5.97 Å². The number of primary amides is 1. The first-order valence-corrected chi connectivity index (χ1v) is 6.86. The van der Waals surface area contributed by atoms with Gasteiger partial charge in [-0.3, -0.25) is 4.79 Å². The fourth-order valence-electron chi connectivity index (χ4n) is 1.75. The van der Waals surface area contributed by atoms with E-state index in [1.54, 1.807) is 48.5 Å². The predicted molar refractivity (Wildman–Crippen MR) is 81.7 cm³/mol. The van der Waals surface area contributed by atoms with Crippen LogP contribution in [0.4, 0.5) is 0 Å². The van der Waals surface area contributed by atoms with Crippen molar-refractivity contribution in [2.45, 2.75) is 6.61 Å². The van der Waals surface area contributed by atoms with Gasteiger partial charge in [-0.15, -0.1) is 0 Å². The molecule has 5 nitrogen and oxygen atoms in total. The second kappa shape index (κ2) is 7.47. The normalized spacial score (nSPS) is 10.0. The molecule has 0 unspecified atom stereocenters. The molecule has 0 aromatic heterocycles. The quantitative estimate of drug-likeness (QED) is 0.830. The summed E-state index contributed by atoms with van der Waals surface area (Å²) in [5, 5.41) is 0.522. The second-order valence-electron chi connectivity index (χ2n) is 4.42. The molecule has 0 aliphatic carbocycles. The lowest BCUT2D eigenvalue weighted by molar-refractivity contribution is -0.119. The first kappa shape index (κ1) is 15.9. The van der Waals surface area contributed by atoms with E-state index in [1.807, 2.05) is 0 Å². The van der Waals surface area contributed by atoms with Crippen LogP contribution in [0.3, 0.4) is 0 Å². The van der Waals surface area contributed by atoms with E-state index in [-0.39, 0.29) is 24.5 Å². The lowest BCUT2D eigenvalue weighted by atomic mass is 10.2. The van der Waals surface area contributed by atoms with Gasteiger partial charge < -0.3 is 15.2 Å². The van der Waals surface area contributed by atoms with E-state index < -0.39 is 11.9 Å². The summed E-state index contributed by atoms with van der Waals surface area (Å²) in [5.41, 5.74) is 5.94. The van der Waals surface area contributed by atoms with Crippen LogP contribution in [0.2, 0.25) is 5.02 Å². The van der Waals surface area contributed by atoms with Crippen molar-refractivity contribution in [3.8, 4) is 5.75 Å². The van der Waals surface area contributed by atoms with Gasteiger partial charge in [-0.25, -0.2) is 4.79 Å². The third-order valence-electron chi connectivity index (χ3n) is 2.79. The summed E-state index contributed by atoms with van der Waals surface area (Å²) in [6.45, 7) is -0.266. The zero-order valence-corrected chi connectivity index (χ0v) is 12.4. The molecule has 2 rings (SSSR count). The molecule has 0 fully saturated rings. The van der Waals surface area contributed by atoms with Crippen molar-refractivity contribution in [3.63, 3.8) is 0 Å². The molecule has 1 amide bonds. The highest BCUT2D eigenvalue weighted by atomic mass is 35.5. The Labute approximate surface area is 132 Å². The van der Waals surface area contributed by atoms with Crippen molar-refractivity contribution in [1.29, 1.82) is 0 Å². The van der Waals surface area contributed by atoms with Crippen molar-refractivity contribution < 1.29 is 19.1 Å². The third-order valence-corrected chi connectivity index (χ3v) is 3.16. The minimum Gasteiger partial charge on any atom is -0.483 e. The molecule has 0 saturated carbocycles. The highest BCUT2D eigenvalue weighted by molar-refractivity contribution is 6.31. The van der Waals surface area contributed by atoms with Crippen LogP contribution in [0.5, 0.6) is 5.75 Å². The number of hydrogen-bond acceptors (Lipinski definition) is 4. The Morgan fingerprint density at radius 1 is 1.05 bits per heavy atom. The SMILES string of the molecule is NC(=O)COc1ccccc1C(=O)OCc1ccccc1Cl. The Balaban J connectivity index is 2.06. The summed E-state index contributed by atoms with van der Waals surface area (Å²) in [7, 11) is 0. The van der Waals surface area contributed by atoms with Gasteiger partial charge in [-0.1, -0.05) is 41.9 Å². The van der Waals surface area contributed by atoms with Crippen LogP contribution in [-0.4, -0.2) is 18.5 Å². The van der Waals surface area contributed by atoms with Crippen LogP contribution < -0.4 is 10.5 Å². The van der Waals surface area contributed by atoms with Crippen LogP contribution in [-0.2, 0) is 16.1 Å². The number of hydrogen-bond donors (Lipinski definition) is 1. The van der Waals surface area contributed by atoms with E-state index >= 15 is 0 Å². The number of benzene rings is 2. The maximum absolute atomic E-state index is 12.1. The van der Waals surface area contributed by atoms with Gasteiger partial charge in [0.15, 0.2) is 6.61 Å². The van der Waals surface area contributed by atoms with Gasteiger partial charge in [-0.2, -0.15) is 0 Å². The summed E-state index contributed by atoms with van der Waals surface area (Å²) in [4.78, 5) is 22.9. The van der Waals surface area contributed by atoms with E-state index in [9.17, 15) is 9.59 Å². The molecule has 0 bridgehead atoms. The number of esters is 1. The first-order valence-electron chi connectivity index (χ1n) is 6.48. The van der Waals surface area contributed by atoms with Crippen molar-refractivity contribution in [2.24, 2.45) is 5.73 Å². The molecule has 0 atom stereocenters. The van der Waals surface area contributed by atoms with E-state index in [4.69, 9.17) is 26.8 Å². The Kier molecular flexibility index (Phi) is 5.38. The minimum absolute atomic E-state index is 0.0443. The lowest BCUT2D eigenvalue weighted by Gasteiger charge is -2.10. The average Bonchev–Trinajstić information content (AvgIpc) is 2.52. The molecular weight excluding hydrogens is 306 g/mol. The highest BCUT2D eigenvalue weighted by Crippen LogP contribution is 2.21. The number of halogens is 1. The molecule has 0 heterocycles. The van der Waals surface area contributed by atoms with Crippen LogP contribution >= 0.6 is 11.6 Å². The molecule has 0 aliphatic heterocycles. The summed E-state index contributed by atoms with van der Waals surface area (Å²) in [6.07, 6.45) is 0. The van der Waals surface area contributed by atoms with Gasteiger partial charge in [0, 0.05) is 10.6 Å². The van der Waals surface area contributed by atoms with E-state index in [1.165, 1.54) is 0 Å². The van der Waals surface area contributed by atoms with Gasteiger partial charge in [0.05, 0.1) is 0 Å². The lowest BCUT2D eigenvalue weighted by Crippen LogP contribution is -2.21. The fourth-order valence-corrected chi connectivity index (χ4v) is 1.94. The smallest absolute Gasteiger partial charge is 0.342 e. The largest absolute Gasteiger partial charge is 0.483 e. The zero-order valence-electron chi connectivity index (χ0n) is 11.6. The number of nitrogens with two attached hydrogens (primary N) is 1. The van der Waals surface area contributed by atoms with Crippen LogP contribution in [0.15, 0.2) is 48.5 Å². The fraction of sp³-hybridized carbons (Fsp3) is 0.125. The number of carbonyl (C=O) groups is 2. The van der Waals surface area contributed by atoms with Gasteiger partial charge in [0.25, 0.3) is 5.91 Å². The zero-order chi connectivity index (χ0) is 15.9. The Morgan fingerprint density at radius 2 is 1.73 bits per heavy atom. The molecule has 22 heavy (non-hydrogen) atoms. The number of ether oxygens (including phenoxy) is 2. The number of carbonyl (C=O) groups excluding carboxylic acids is 2. The number of amides is 1. The monoisotopic (exact) mass is 319 g/mol. The molecule has 6 heteroatoms. The Bertz CT molecular complexity index is 687. The van der Waals surface area contributed by atoms with E-state index in [0.717, 1.165) is 0 Å². The molecule has 0 radical (unpaired) electrons. The average molecular weight is 320 g/mol. The minimum atomic E-state index is -0.626. The van der Waals surface area contributed by atoms with Crippen molar-refractivity contribution in [2.75, 3.05) is 6.61 Å². The maximum atomic E-state index is 12.1. The van der Waals surface area contributed by atoms with Crippen molar-refractivity contribution in [1.82, 2.24) is 0 Å². The first-order chi connectivity index (χ1) is 10.6. The topological polar surface area (TPSA) is 78.6 Å². The van der Waals surface area contributed by atoms with Gasteiger partial charge in [0.2, 0.25) is 0 Å². The summed E-state index contributed by atoms with van der Waals surface area (Å²) in [5.74, 6) is -0.954. The summed E-state index contributed by atoms with van der Waals surface area (Å²) in [6, 6.07) is 13.5. The van der Waals surface area contributed by atoms with E-state index in [2.05, 4.69) is 0 Å². The molecule has 114 valence electrons. The predicted octanol–water partition coefficient (Wildman–Crippen LogP) is 2.56. The molecule has 2 aromatic carbocycles. The molecular formula is C16H14ClNO4. The maximum Gasteiger partial charge on any atom is 0.342 e. The van der Waals surface area contributed by atoms with Gasteiger partial charge in [0.1, 0.15) is 17.9 Å². The van der Waals surface area contributed by atoms with Crippen molar-refractivity contribution in [3.05, 3.63) is 64.7 Å². The second-order valence-corrected chi connectivity index (χ2v) is 4.83. The highest BCUT2D eigenvalue weighted by Gasteiger charge is 2.14. The molecule has 0 aliphatic rings. The molecule has 2 N–H and O–H groups in total. The molecule has 0 saturated heterocycles. The van der Waals surface area contributed by atoms with Crippen LogP contribution in [0, 0.1) is 0 Å².